The van der Waals surface area contributed by atoms with E-state index in [1.807, 2.05) is 24.3 Å². The molecule has 1 rings (SSSR count). The van der Waals surface area contributed by atoms with E-state index in [1.165, 1.54) is 5.56 Å². The molecule has 2 nitrogen and oxygen atoms in total. The first-order valence-electron chi connectivity index (χ1n) is 6.58. The lowest BCUT2D eigenvalue weighted by atomic mass is 9.95. The van der Waals surface area contributed by atoms with Crippen molar-refractivity contribution in [2.75, 3.05) is 0 Å². The van der Waals surface area contributed by atoms with Gasteiger partial charge < -0.3 is 5.32 Å². The molecule has 0 radical (unpaired) electrons. The van der Waals surface area contributed by atoms with E-state index < -0.39 is 0 Å². The van der Waals surface area contributed by atoms with Crippen molar-refractivity contribution in [1.82, 2.24) is 5.32 Å². The molecule has 1 unspecified atom stereocenters. The van der Waals surface area contributed by atoms with E-state index in [0.29, 0.717) is 5.92 Å². The zero-order chi connectivity index (χ0) is 13.5. The van der Waals surface area contributed by atoms with Crippen LogP contribution in [0.3, 0.4) is 0 Å². The summed E-state index contributed by atoms with van der Waals surface area (Å²) in [7, 11) is 0. The first-order valence-corrected chi connectivity index (χ1v) is 7.70. The fraction of sp³-hybridized carbons (Fsp3) is 0.533. The molecular weight excluding hydrogens is 290 g/mol. The van der Waals surface area contributed by atoms with Gasteiger partial charge in [-0.2, -0.15) is 0 Å². The van der Waals surface area contributed by atoms with Crippen LogP contribution in [0.1, 0.15) is 49.5 Å². The summed E-state index contributed by atoms with van der Waals surface area (Å²) in [5.74, 6) is 0.575. The number of hydrogen-bond donors (Lipinski definition) is 1. The van der Waals surface area contributed by atoms with E-state index in [4.69, 9.17) is 0 Å². The summed E-state index contributed by atoms with van der Waals surface area (Å²) in [5, 5.41) is 3.90. The molecule has 0 saturated carbocycles. The molecule has 0 saturated heterocycles. The number of alkyl halides is 1. The van der Waals surface area contributed by atoms with Crippen molar-refractivity contribution in [3.05, 3.63) is 35.4 Å². The average Bonchev–Trinajstić information content (AvgIpc) is 2.40. The van der Waals surface area contributed by atoms with Gasteiger partial charge in [0.2, 0.25) is 0 Å². The van der Waals surface area contributed by atoms with E-state index in [9.17, 15) is 4.79 Å². The molecule has 18 heavy (non-hydrogen) atoms. The van der Waals surface area contributed by atoms with Crippen LogP contribution in [0.25, 0.3) is 0 Å². The Morgan fingerprint density at radius 3 is 2.22 bits per heavy atom. The number of amides is 1. The van der Waals surface area contributed by atoms with Crippen molar-refractivity contribution in [3.8, 4) is 0 Å². The second-order valence-electron chi connectivity index (χ2n) is 4.67. The first-order chi connectivity index (χ1) is 8.62. The molecule has 0 aliphatic rings. The summed E-state index contributed by atoms with van der Waals surface area (Å²) < 4.78 is 0. The highest BCUT2D eigenvalue weighted by Crippen LogP contribution is 2.14. The summed E-state index contributed by atoms with van der Waals surface area (Å²) in [6.07, 6.45) is 2.20. The number of nitrogens with one attached hydrogen (secondary N) is 1. The Hall–Kier alpha value is -0.830. The quantitative estimate of drug-likeness (QED) is 0.786. The predicted molar refractivity (Wildman–Crippen MR) is 80.1 cm³/mol. The van der Waals surface area contributed by atoms with Gasteiger partial charge in [-0.1, -0.05) is 54.8 Å². The van der Waals surface area contributed by atoms with Gasteiger partial charge in [0, 0.05) is 16.9 Å². The Morgan fingerprint density at radius 1 is 1.22 bits per heavy atom. The van der Waals surface area contributed by atoms with E-state index in [0.717, 1.165) is 23.7 Å². The zero-order valence-corrected chi connectivity index (χ0v) is 13.0. The van der Waals surface area contributed by atoms with Crippen LogP contribution in [-0.2, 0) is 5.33 Å². The SMILES string of the molecule is CCC(CC)C(C)NC(=O)c1ccc(CBr)cc1. The zero-order valence-electron chi connectivity index (χ0n) is 11.4. The topological polar surface area (TPSA) is 29.1 Å². The van der Waals surface area contributed by atoms with Crippen LogP contribution in [0.15, 0.2) is 24.3 Å². The van der Waals surface area contributed by atoms with E-state index in [1.54, 1.807) is 0 Å². The van der Waals surface area contributed by atoms with Gasteiger partial charge >= 0.3 is 0 Å². The van der Waals surface area contributed by atoms with Gasteiger partial charge in [0.25, 0.3) is 5.91 Å². The smallest absolute Gasteiger partial charge is 0.251 e. The Bertz CT molecular complexity index is 371. The average molecular weight is 312 g/mol. The molecule has 0 spiro atoms. The minimum atomic E-state index is 0.0236. The molecule has 1 amide bonds. The molecule has 1 atom stereocenters. The Labute approximate surface area is 118 Å². The van der Waals surface area contributed by atoms with Crippen molar-refractivity contribution in [3.63, 3.8) is 0 Å². The lowest BCUT2D eigenvalue weighted by Gasteiger charge is -2.22. The Morgan fingerprint density at radius 2 is 1.78 bits per heavy atom. The van der Waals surface area contributed by atoms with Gasteiger partial charge in [0.05, 0.1) is 0 Å². The van der Waals surface area contributed by atoms with Crippen LogP contribution < -0.4 is 5.32 Å². The third kappa shape index (κ3) is 4.13. The van der Waals surface area contributed by atoms with E-state index in [2.05, 4.69) is 42.0 Å². The largest absolute Gasteiger partial charge is 0.349 e. The number of carbonyl (C=O) groups excluding carboxylic acids is 1. The molecule has 1 aromatic carbocycles. The van der Waals surface area contributed by atoms with Gasteiger partial charge in [-0.3, -0.25) is 4.79 Å². The number of carbonyl (C=O) groups is 1. The van der Waals surface area contributed by atoms with Crippen molar-refractivity contribution in [2.45, 2.75) is 45.0 Å². The summed E-state index contributed by atoms with van der Waals surface area (Å²) in [4.78, 5) is 12.1. The predicted octanol–water partition coefficient (Wildman–Crippen LogP) is 4.14. The monoisotopic (exact) mass is 311 g/mol. The first kappa shape index (κ1) is 15.2. The van der Waals surface area contributed by atoms with Crippen LogP contribution in [0.4, 0.5) is 0 Å². The van der Waals surface area contributed by atoms with Gasteiger partial charge in [-0.15, -0.1) is 0 Å². The number of hydrogen-bond acceptors (Lipinski definition) is 1. The highest BCUT2D eigenvalue weighted by atomic mass is 79.9. The molecule has 0 aliphatic carbocycles. The van der Waals surface area contributed by atoms with Crippen molar-refractivity contribution in [2.24, 2.45) is 5.92 Å². The van der Waals surface area contributed by atoms with Gasteiger partial charge in [0.15, 0.2) is 0 Å². The molecule has 100 valence electrons. The second-order valence-corrected chi connectivity index (χ2v) is 5.23. The maximum Gasteiger partial charge on any atom is 0.251 e. The molecular formula is C15H22BrNO. The summed E-state index contributed by atoms with van der Waals surface area (Å²) in [6, 6.07) is 7.94. The molecule has 1 N–H and O–H groups in total. The maximum atomic E-state index is 12.1. The summed E-state index contributed by atoms with van der Waals surface area (Å²) in [5.41, 5.74) is 1.91. The molecule has 1 aromatic rings. The minimum Gasteiger partial charge on any atom is -0.349 e. The fourth-order valence-electron chi connectivity index (χ4n) is 2.15. The van der Waals surface area contributed by atoms with Crippen LogP contribution >= 0.6 is 15.9 Å². The lowest BCUT2D eigenvalue weighted by molar-refractivity contribution is 0.0925. The molecule has 0 fully saturated rings. The van der Waals surface area contributed by atoms with Crippen molar-refractivity contribution >= 4 is 21.8 Å². The number of halogens is 1. The molecule has 0 bridgehead atoms. The Balaban J connectivity index is 2.64. The van der Waals surface area contributed by atoms with Crippen LogP contribution in [0.2, 0.25) is 0 Å². The minimum absolute atomic E-state index is 0.0236. The van der Waals surface area contributed by atoms with Gasteiger partial charge in [-0.25, -0.2) is 0 Å². The second kappa shape index (κ2) is 7.57. The maximum absolute atomic E-state index is 12.1. The normalized spacial score (nSPS) is 12.5. The van der Waals surface area contributed by atoms with Gasteiger partial charge in [0.1, 0.15) is 0 Å². The standard InChI is InChI=1S/C15H22BrNO/c1-4-13(5-2)11(3)17-15(18)14-8-6-12(10-16)7-9-14/h6-9,11,13H,4-5,10H2,1-3H3,(H,17,18). The molecule has 3 heteroatoms. The van der Waals surface area contributed by atoms with Crippen LogP contribution in [0, 0.1) is 5.92 Å². The third-order valence-corrected chi connectivity index (χ3v) is 4.13. The summed E-state index contributed by atoms with van der Waals surface area (Å²) in [6.45, 7) is 6.42. The number of rotatable bonds is 6. The lowest BCUT2D eigenvalue weighted by Crippen LogP contribution is -2.37. The Kier molecular flexibility index (Phi) is 6.41. The summed E-state index contributed by atoms with van der Waals surface area (Å²) >= 11 is 3.40. The molecule has 0 aromatic heterocycles. The van der Waals surface area contributed by atoms with Crippen LogP contribution in [-0.4, -0.2) is 11.9 Å². The van der Waals surface area contributed by atoms with Crippen LogP contribution in [0.5, 0.6) is 0 Å². The van der Waals surface area contributed by atoms with Gasteiger partial charge in [-0.05, 0) is 30.5 Å². The van der Waals surface area contributed by atoms with E-state index >= 15 is 0 Å². The molecule has 0 heterocycles. The molecule has 0 aliphatic heterocycles. The van der Waals surface area contributed by atoms with Crippen molar-refractivity contribution in [1.29, 1.82) is 0 Å². The number of benzene rings is 1. The van der Waals surface area contributed by atoms with Crippen molar-refractivity contribution < 1.29 is 4.79 Å². The third-order valence-electron chi connectivity index (χ3n) is 3.49. The highest BCUT2D eigenvalue weighted by molar-refractivity contribution is 9.08. The fourth-order valence-corrected chi connectivity index (χ4v) is 2.52. The highest BCUT2D eigenvalue weighted by Gasteiger charge is 2.16. The van der Waals surface area contributed by atoms with E-state index in [-0.39, 0.29) is 11.9 Å².